The molecule has 0 amide bonds. The predicted octanol–water partition coefficient (Wildman–Crippen LogP) is 3.39. The minimum Gasteiger partial charge on any atom is -0.405 e. The highest BCUT2D eigenvalue weighted by Crippen LogP contribution is 2.37. The summed E-state index contributed by atoms with van der Waals surface area (Å²) >= 11 is 0. The van der Waals surface area contributed by atoms with Crippen molar-refractivity contribution in [1.82, 2.24) is 0 Å². The summed E-state index contributed by atoms with van der Waals surface area (Å²) in [5.41, 5.74) is 8.53. The van der Waals surface area contributed by atoms with Gasteiger partial charge in [0.15, 0.2) is 0 Å². The maximum atomic E-state index is 10.5. The Morgan fingerprint density at radius 1 is 1.10 bits per heavy atom. The van der Waals surface area contributed by atoms with Gasteiger partial charge in [-0.15, -0.1) is 0 Å². The van der Waals surface area contributed by atoms with Gasteiger partial charge in [0, 0.05) is 11.3 Å². The maximum absolute atomic E-state index is 10.5. The van der Waals surface area contributed by atoms with E-state index in [1.54, 1.807) is 0 Å². The van der Waals surface area contributed by atoms with Gasteiger partial charge in [0.1, 0.15) is 6.10 Å². The molecule has 29 heavy (non-hydrogen) atoms. The van der Waals surface area contributed by atoms with Crippen molar-refractivity contribution in [3.8, 4) is 0 Å². The van der Waals surface area contributed by atoms with Gasteiger partial charge in [-0.05, 0) is 20.9 Å². The molecule has 1 aliphatic heterocycles. The van der Waals surface area contributed by atoms with Gasteiger partial charge in [0.05, 0.1) is 25.4 Å². The van der Waals surface area contributed by atoms with E-state index in [0.29, 0.717) is 13.0 Å². The van der Waals surface area contributed by atoms with Crippen LogP contribution >= 0.6 is 0 Å². The number of ether oxygens (including phenoxy) is 1. The van der Waals surface area contributed by atoms with Gasteiger partial charge in [-0.3, -0.25) is 0 Å². The normalized spacial score (nSPS) is 22.3. The molecule has 3 atom stereocenters. The predicted molar refractivity (Wildman–Crippen MR) is 117 cm³/mol. The largest absolute Gasteiger partial charge is 0.405 e. The van der Waals surface area contributed by atoms with Crippen LogP contribution in [-0.2, 0) is 9.16 Å². The molecule has 1 N–H and O–H groups in total. The molecule has 1 fully saturated rings. The quantitative estimate of drug-likeness (QED) is 0.328. The first-order chi connectivity index (χ1) is 13.9. The van der Waals surface area contributed by atoms with Gasteiger partial charge < -0.3 is 14.3 Å². The van der Waals surface area contributed by atoms with Crippen LogP contribution in [0.5, 0.6) is 0 Å². The standard InChI is InChI=1S/C22H29N3O3Si/c1-22(2,3)29(18-10-6-4-7-11-18,19-12-8-5-9-13-19)27-16-21-20(26)14-17(28-21)15-24-25-23/h4-13,17,20-21,26H,14-16H2,1-3H3/t17-,20+,21+/m0/s1. The van der Waals surface area contributed by atoms with Crippen molar-refractivity contribution < 1.29 is 14.3 Å². The van der Waals surface area contributed by atoms with Crippen LogP contribution < -0.4 is 10.4 Å². The molecule has 0 aromatic heterocycles. The first kappa shape index (κ1) is 21.6. The van der Waals surface area contributed by atoms with Crippen LogP contribution in [0.25, 0.3) is 10.4 Å². The van der Waals surface area contributed by atoms with E-state index in [0.717, 1.165) is 0 Å². The van der Waals surface area contributed by atoms with Crippen molar-refractivity contribution in [2.75, 3.05) is 13.2 Å². The Bertz CT molecular complexity index is 796. The molecule has 0 spiro atoms. The van der Waals surface area contributed by atoms with Gasteiger partial charge in [0.25, 0.3) is 8.32 Å². The average Bonchev–Trinajstić information content (AvgIpc) is 3.07. The third-order valence-corrected chi connectivity index (χ3v) is 10.5. The van der Waals surface area contributed by atoms with Crippen molar-refractivity contribution in [3.63, 3.8) is 0 Å². The molecule has 6 nitrogen and oxygen atoms in total. The smallest absolute Gasteiger partial charge is 0.261 e. The first-order valence-corrected chi connectivity index (χ1v) is 11.9. The lowest BCUT2D eigenvalue weighted by Gasteiger charge is -2.43. The average molecular weight is 412 g/mol. The molecule has 2 aromatic rings. The fourth-order valence-electron chi connectivity index (χ4n) is 4.18. The minimum absolute atomic E-state index is 0.135. The summed E-state index contributed by atoms with van der Waals surface area (Å²) in [7, 11) is -2.67. The maximum Gasteiger partial charge on any atom is 0.261 e. The summed E-state index contributed by atoms with van der Waals surface area (Å²) < 4.78 is 12.8. The van der Waals surface area contributed by atoms with Crippen LogP contribution in [0, 0.1) is 0 Å². The zero-order chi connectivity index (χ0) is 20.9. The third-order valence-electron chi connectivity index (χ3n) is 5.53. The van der Waals surface area contributed by atoms with Crippen molar-refractivity contribution >= 4 is 18.7 Å². The number of aliphatic hydroxyl groups is 1. The molecule has 1 saturated heterocycles. The van der Waals surface area contributed by atoms with Crippen LogP contribution in [0.1, 0.15) is 27.2 Å². The number of hydrogen-bond acceptors (Lipinski definition) is 4. The van der Waals surface area contributed by atoms with Crippen molar-refractivity contribution in [2.45, 2.75) is 50.5 Å². The second-order valence-corrected chi connectivity index (χ2v) is 12.8. The Morgan fingerprint density at radius 2 is 1.66 bits per heavy atom. The molecule has 1 aliphatic rings. The summed E-state index contributed by atoms with van der Waals surface area (Å²) in [6.45, 7) is 7.17. The molecule has 1 heterocycles. The summed E-state index contributed by atoms with van der Waals surface area (Å²) in [5, 5.41) is 16.3. The van der Waals surface area contributed by atoms with Crippen LogP contribution in [0.2, 0.25) is 5.04 Å². The van der Waals surface area contributed by atoms with Gasteiger partial charge in [-0.1, -0.05) is 86.5 Å². The van der Waals surface area contributed by atoms with E-state index < -0.39 is 20.5 Å². The second-order valence-electron chi connectivity index (χ2n) is 8.49. The lowest BCUT2D eigenvalue weighted by Crippen LogP contribution is -2.67. The highest BCUT2D eigenvalue weighted by molar-refractivity contribution is 6.99. The molecular weight excluding hydrogens is 382 g/mol. The van der Waals surface area contributed by atoms with Crippen LogP contribution in [0.15, 0.2) is 65.8 Å². The molecule has 0 aliphatic carbocycles. The minimum atomic E-state index is -2.67. The van der Waals surface area contributed by atoms with Crippen molar-refractivity contribution in [2.24, 2.45) is 5.11 Å². The first-order valence-electron chi connectivity index (χ1n) is 9.98. The number of rotatable bonds is 7. The lowest BCUT2D eigenvalue weighted by molar-refractivity contribution is -0.0153. The molecular formula is C22H29N3O3Si. The fraction of sp³-hybridized carbons (Fsp3) is 0.455. The monoisotopic (exact) mass is 411 g/mol. The third kappa shape index (κ3) is 4.55. The molecule has 3 rings (SSSR count). The van der Waals surface area contributed by atoms with E-state index >= 15 is 0 Å². The molecule has 0 bridgehead atoms. The van der Waals surface area contributed by atoms with E-state index in [-0.39, 0.29) is 17.7 Å². The molecule has 7 heteroatoms. The van der Waals surface area contributed by atoms with Gasteiger partial charge in [0.2, 0.25) is 0 Å². The van der Waals surface area contributed by atoms with Crippen LogP contribution in [0.3, 0.4) is 0 Å². The van der Waals surface area contributed by atoms with E-state index in [4.69, 9.17) is 14.7 Å². The molecule has 0 saturated carbocycles. The highest BCUT2D eigenvalue weighted by Gasteiger charge is 2.51. The van der Waals surface area contributed by atoms with Crippen molar-refractivity contribution in [3.05, 3.63) is 71.1 Å². The number of hydrogen-bond donors (Lipinski definition) is 1. The molecule has 2 aromatic carbocycles. The Labute approximate surface area is 173 Å². The Balaban J connectivity index is 1.93. The number of nitrogens with zero attached hydrogens (tertiary/aromatic N) is 3. The van der Waals surface area contributed by atoms with Crippen molar-refractivity contribution in [1.29, 1.82) is 0 Å². The summed E-state index contributed by atoms with van der Waals surface area (Å²) in [4.78, 5) is 2.79. The molecule has 0 unspecified atom stereocenters. The fourth-order valence-corrected chi connectivity index (χ4v) is 8.75. The lowest BCUT2D eigenvalue weighted by atomic mass is 10.1. The van der Waals surface area contributed by atoms with E-state index in [2.05, 4.69) is 55.1 Å². The second kappa shape index (κ2) is 9.11. The molecule has 154 valence electrons. The van der Waals surface area contributed by atoms with Gasteiger partial charge in [-0.25, -0.2) is 0 Å². The SMILES string of the molecule is CC(C)(C)[Si](OC[C@H]1O[C@H](CN=[N+]=[N-])C[C@H]1O)(c1ccccc1)c1ccccc1. The van der Waals surface area contributed by atoms with E-state index in [9.17, 15) is 5.11 Å². The number of benzene rings is 2. The van der Waals surface area contributed by atoms with Gasteiger partial charge in [-0.2, -0.15) is 0 Å². The Kier molecular flexibility index (Phi) is 6.77. The van der Waals surface area contributed by atoms with Crippen LogP contribution in [0.4, 0.5) is 0 Å². The Hall–Kier alpha value is -2.15. The summed E-state index contributed by atoms with van der Waals surface area (Å²) in [6, 6.07) is 20.8. The van der Waals surface area contributed by atoms with E-state index in [1.807, 2.05) is 36.4 Å². The number of aliphatic hydroxyl groups excluding tert-OH is 1. The van der Waals surface area contributed by atoms with E-state index in [1.165, 1.54) is 10.4 Å². The Morgan fingerprint density at radius 3 is 2.14 bits per heavy atom. The topological polar surface area (TPSA) is 87.5 Å². The zero-order valence-corrected chi connectivity index (χ0v) is 18.2. The molecule has 0 radical (unpaired) electrons. The van der Waals surface area contributed by atoms with Crippen LogP contribution in [-0.4, -0.2) is 44.9 Å². The summed E-state index contributed by atoms with van der Waals surface area (Å²) in [6.07, 6.45) is -0.885. The summed E-state index contributed by atoms with van der Waals surface area (Å²) in [5.74, 6) is 0. The number of azide groups is 1. The highest BCUT2D eigenvalue weighted by atomic mass is 28.4. The zero-order valence-electron chi connectivity index (χ0n) is 17.2. The van der Waals surface area contributed by atoms with Gasteiger partial charge >= 0.3 is 0 Å².